The normalized spacial score (nSPS) is 17.0. The molecule has 1 fully saturated rings. The Labute approximate surface area is 126 Å². The molecule has 116 valence electrons. The van der Waals surface area contributed by atoms with Gasteiger partial charge in [-0.15, -0.1) is 0 Å². The largest absolute Gasteiger partial charge is 0.387 e. The van der Waals surface area contributed by atoms with Gasteiger partial charge in [0.25, 0.3) is 0 Å². The van der Waals surface area contributed by atoms with E-state index >= 15 is 0 Å². The number of carbonyl (C=O) groups is 1. The first kappa shape index (κ1) is 15.8. The molecule has 5 heteroatoms. The number of nitrogens with zero attached hydrogens (tertiary/aromatic N) is 1. The Bertz CT molecular complexity index is 468. The van der Waals surface area contributed by atoms with Crippen molar-refractivity contribution in [3.63, 3.8) is 0 Å². The maximum absolute atomic E-state index is 11.2. The zero-order valence-corrected chi connectivity index (χ0v) is 12.8. The molecule has 1 amide bonds. The van der Waals surface area contributed by atoms with Crippen molar-refractivity contribution in [2.45, 2.75) is 38.8 Å². The van der Waals surface area contributed by atoms with Crippen molar-refractivity contribution in [1.82, 2.24) is 4.90 Å². The summed E-state index contributed by atoms with van der Waals surface area (Å²) in [5.74, 6) is -0.391. The molecule has 1 aliphatic heterocycles. The summed E-state index contributed by atoms with van der Waals surface area (Å²) in [5, 5.41) is 14.9. The van der Waals surface area contributed by atoms with Gasteiger partial charge < -0.3 is 20.6 Å². The third-order valence-electron chi connectivity index (χ3n) is 3.92. The number of carbonyl (C=O) groups excluding carboxylic acids is 1. The third kappa shape index (κ3) is 4.72. The predicted molar refractivity (Wildman–Crippen MR) is 85.5 cm³/mol. The van der Waals surface area contributed by atoms with Crippen LogP contribution in [0, 0.1) is 0 Å². The number of nitrogens with one attached hydrogen (secondary N) is 2. The molecule has 0 spiro atoms. The highest BCUT2D eigenvalue weighted by atomic mass is 16.3. The first-order chi connectivity index (χ1) is 10.1. The number of aliphatic hydroxyl groups excluding tert-OH is 1. The smallest absolute Gasteiger partial charge is 0.250 e. The van der Waals surface area contributed by atoms with Gasteiger partial charge in [-0.1, -0.05) is 6.07 Å². The molecule has 5 nitrogen and oxygen atoms in total. The lowest BCUT2D eigenvalue weighted by atomic mass is 10.0. The minimum Gasteiger partial charge on any atom is -0.387 e. The summed E-state index contributed by atoms with van der Waals surface area (Å²) in [5.41, 5.74) is 1.72. The van der Waals surface area contributed by atoms with Gasteiger partial charge in [-0.3, -0.25) is 4.79 Å². The molecule has 0 aromatic heterocycles. The standard InChI is InChI=1S/C16H25N3O2/c1-12(2)19-8-6-13(7-9-19)17-14-4-3-5-15(10-14)18-16(21)11-20/h3-5,10,12-13,17,20H,6-9,11H2,1-2H3,(H,18,21). The summed E-state index contributed by atoms with van der Waals surface area (Å²) < 4.78 is 0. The first-order valence-electron chi connectivity index (χ1n) is 7.60. The zero-order chi connectivity index (χ0) is 15.2. The number of rotatable bonds is 5. The van der Waals surface area contributed by atoms with E-state index in [9.17, 15) is 4.79 Å². The Morgan fingerprint density at radius 2 is 2.00 bits per heavy atom. The van der Waals surface area contributed by atoms with E-state index in [0.29, 0.717) is 17.8 Å². The van der Waals surface area contributed by atoms with Gasteiger partial charge in [0, 0.05) is 36.5 Å². The van der Waals surface area contributed by atoms with Crippen molar-refractivity contribution in [3.05, 3.63) is 24.3 Å². The molecule has 21 heavy (non-hydrogen) atoms. The van der Waals surface area contributed by atoms with E-state index in [0.717, 1.165) is 31.6 Å². The summed E-state index contributed by atoms with van der Waals surface area (Å²) >= 11 is 0. The average Bonchev–Trinajstić information content (AvgIpc) is 2.48. The number of aliphatic hydroxyl groups is 1. The van der Waals surface area contributed by atoms with E-state index in [-0.39, 0.29) is 0 Å². The topological polar surface area (TPSA) is 64.6 Å². The molecule has 2 rings (SSSR count). The van der Waals surface area contributed by atoms with E-state index in [1.807, 2.05) is 24.3 Å². The van der Waals surface area contributed by atoms with Gasteiger partial charge in [0.2, 0.25) is 5.91 Å². The van der Waals surface area contributed by atoms with Crippen LogP contribution in [-0.2, 0) is 4.79 Å². The molecule has 1 aromatic rings. The van der Waals surface area contributed by atoms with Gasteiger partial charge >= 0.3 is 0 Å². The van der Waals surface area contributed by atoms with E-state index < -0.39 is 12.5 Å². The van der Waals surface area contributed by atoms with Crippen molar-refractivity contribution >= 4 is 17.3 Å². The van der Waals surface area contributed by atoms with Crippen LogP contribution < -0.4 is 10.6 Å². The van der Waals surface area contributed by atoms with Gasteiger partial charge in [-0.2, -0.15) is 0 Å². The Kier molecular flexibility index (Phi) is 5.59. The summed E-state index contributed by atoms with van der Waals surface area (Å²) in [6.07, 6.45) is 2.26. The van der Waals surface area contributed by atoms with Crippen LogP contribution in [0.15, 0.2) is 24.3 Å². The van der Waals surface area contributed by atoms with E-state index in [1.165, 1.54) is 0 Å². The van der Waals surface area contributed by atoms with Crippen LogP contribution in [0.2, 0.25) is 0 Å². The van der Waals surface area contributed by atoms with Crippen LogP contribution in [0.4, 0.5) is 11.4 Å². The molecule has 1 aliphatic rings. The van der Waals surface area contributed by atoms with Crippen LogP contribution in [0.5, 0.6) is 0 Å². The Morgan fingerprint density at radius 1 is 1.33 bits per heavy atom. The molecule has 0 atom stereocenters. The van der Waals surface area contributed by atoms with Crippen LogP contribution in [0.3, 0.4) is 0 Å². The van der Waals surface area contributed by atoms with Crippen LogP contribution >= 0.6 is 0 Å². The molecule has 0 saturated carbocycles. The second kappa shape index (κ2) is 7.43. The van der Waals surface area contributed by atoms with Crippen molar-refractivity contribution in [3.8, 4) is 0 Å². The number of hydrogen-bond donors (Lipinski definition) is 3. The number of piperidine rings is 1. The molecule has 0 unspecified atom stereocenters. The monoisotopic (exact) mass is 291 g/mol. The second-order valence-corrected chi connectivity index (χ2v) is 5.84. The van der Waals surface area contributed by atoms with Gasteiger partial charge in [0.15, 0.2) is 0 Å². The molecule has 0 aliphatic carbocycles. The predicted octanol–water partition coefficient (Wildman–Crippen LogP) is 1.90. The number of amides is 1. The van der Waals surface area contributed by atoms with E-state index in [1.54, 1.807) is 0 Å². The highest BCUT2D eigenvalue weighted by molar-refractivity contribution is 5.91. The van der Waals surface area contributed by atoms with Crippen molar-refractivity contribution in [1.29, 1.82) is 0 Å². The second-order valence-electron chi connectivity index (χ2n) is 5.84. The maximum Gasteiger partial charge on any atom is 0.250 e. The fraction of sp³-hybridized carbons (Fsp3) is 0.562. The Morgan fingerprint density at radius 3 is 2.62 bits per heavy atom. The van der Waals surface area contributed by atoms with Crippen molar-refractivity contribution < 1.29 is 9.90 Å². The third-order valence-corrected chi connectivity index (χ3v) is 3.92. The quantitative estimate of drug-likeness (QED) is 0.775. The lowest BCUT2D eigenvalue weighted by Gasteiger charge is -2.35. The van der Waals surface area contributed by atoms with Gasteiger partial charge in [0.05, 0.1) is 0 Å². The van der Waals surface area contributed by atoms with Gasteiger partial charge in [0.1, 0.15) is 6.61 Å². The summed E-state index contributed by atoms with van der Waals surface area (Å²) in [6, 6.07) is 8.72. The molecule has 1 aromatic carbocycles. The molecular formula is C16H25N3O2. The molecule has 0 radical (unpaired) electrons. The Balaban J connectivity index is 1.89. The molecular weight excluding hydrogens is 266 g/mol. The number of benzene rings is 1. The Hall–Kier alpha value is -1.59. The van der Waals surface area contributed by atoms with Crippen LogP contribution in [-0.4, -0.2) is 47.7 Å². The molecule has 3 N–H and O–H groups in total. The van der Waals surface area contributed by atoms with E-state index in [4.69, 9.17) is 5.11 Å². The first-order valence-corrected chi connectivity index (χ1v) is 7.60. The maximum atomic E-state index is 11.2. The molecule has 1 saturated heterocycles. The summed E-state index contributed by atoms with van der Waals surface area (Å²) in [7, 11) is 0. The van der Waals surface area contributed by atoms with Gasteiger partial charge in [-0.25, -0.2) is 0 Å². The molecule has 1 heterocycles. The summed E-state index contributed by atoms with van der Waals surface area (Å²) in [6.45, 7) is 6.22. The van der Waals surface area contributed by atoms with Crippen LogP contribution in [0.1, 0.15) is 26.7 Å². The van der Waals surface area contributed by atoms with Crippen molar-refractivity contribution in [2.75, 3.05) is 30.3 Å². The zero-order valence-electron chi connectivity index (χ0n) is 12.8. The van der Waals surface area contributed by atoms with Gasteiger partial charge in [-0.05, 0) is 44.9 Å². The van der Waals surface area contributed by atoms with Crippen molar-refractivity contribution in [2.24, 2.45) is 0 Å². The minimum atomic E-state index is -0.495. The van der Waals surface area contributed by atoms with E-state index in [2.05, 4.69) is 29.4 Å². The fourth-order valence-electron chi connectivity index (χ4n) is 2.68. The summed E-state index contributed by atoms with van der Waals surface area (Å²) in [4.78, 5) is 13.7. The highest BCUT2D eigenvalue weighted by Crippen LogP contribution is 2.20. The molecule has 0 bridgehead atoms. The van der Waals surface area contributed by atoms with Crippen LogP contribution in [0.25, 0.3) is 0 Å². The number of likely N-dealkylation sites (tertiary alicyclic amines) is 1. The number of anilines is 2. The minimum absolute atomic E-state index is 0.391. The lowest BCUT2D eigenvalue weighted by Crippen LogP contribution is -2.42. The lowest BCUT2D eigenvalue weighted by molar-refractivity contribution is -0.118. The SMILES string of the molecule is CC(C)N1CCC(Nc2cccc(NC(=O)CO)c2)CC1. The average molecular weight is 291 g/mol. The number of hydrogen-bond acceptors (Lipinski definition) is 4. The fourth-order valence-corrected chi connectivity index (χ4v) is 2.68. The highest BCUT2D eigenvalue weighted by Gasteiger charge is 2.20.